The van der Waals surface area contributed by atoms with Gasteiger partial charge in [0.25, 0.3) is 0 Å². The van der Waals surface area contributed by atoms with Gasteiger partial charge in [-0.1, -0.05) is 19.1 Å². The van der Waals surface area contributed by atoms with Crippen molar-refractivity contribution in [3.63, 3.8) is 0 Å². The first-order valence-corrected chi connectivity index (χ1v) is 4.98. The second-order valence-corrected chi connectivity index (χ2v) is 3.33. The zero-order valence-corrected chi connectivity index (χ0v) is 9.49. The molecule has 0 heterocycles. The fraction of sp³-hybridized carbons (Fsp3) is 0.417. The average Bonchev–Trinajstić information content (AvgIpc) is 2.28. The van der Waals surface area contributed by atoms with E-state index in [1.54, 1.807) is 14.2 Å². The normalized spacial score (nSPS) is 12.3. The van der Waals surface area contributed by atoms with Crippen LogP contribution in [0.25, 0.3) is 0 Å². The predicted molar refractivity (Wildman–Crippen MR) is 61.1 cm³/mol. The van der Waals surface area contributed by atoms with Crippen molar-refractivity contribution in [3.05, 3.63) is 30.2 Å². The molecule has 1 radical (unpaired) electrons. The molecule has 1 unspecified atom stereocenters. The Morgan fingerprint density at radius 3 is 2.60 bits per heavy atom. The minimum Gasteiger partial charge on any atom is -0.493 e. The zero-order chi connectivity index (χ0) is 11.3. The predicted octanol–water partition coefficient (Wildman–Crippen LogP) is 2.32. The van der Waals surface area contributed by atoms with Gasteiger partial charge in [-0.3, -0.25) is 0 Å². The van der Waals surface area contributed by atoms with Crippen LogP contribution in [0.4, 0.5) is 0 Å². The molecule has 0 aromatic heterocycles. The van der Waals surface area contributed by atoms with Gasteiger partial charge < -0.3 is 15.2 Å². The molecule has 3 nitrogen and oxygen atoms in total. The van der Waals surface area contributed by atoms with Crippen molar-refractivity contribution in [1.82, 2.24) is 0 Å². The van der Waals surface area contributed by atoms with E-state index in [4.69, 9.17) is 15.2 Å². The molecule has 1 atom stereocenters. The molecule has 15 heavy (non-hydrogen) atoms. The summed E-state index contributed by atoms with van der Waals surface area (Å²) in [6.45, 7) is 1.99. The van der Waals surface area contributed by atoms with Gasteiger partial charge in [0.1, 0.15) is 0 Å². The molecule has 2 N–H and O–H groups in total. The Balaban J connectivity index is 3.05. The smallest absolute Gasteiger partial charge is 0.165 e. The second-order valence-electron chi connectivity index (χ2n) is 3.33. The van der Waals surface area contributed by atoms with Crippen molar-refractivity contribution in [3.8, 4) is 11.5 Å². The summed E-state index contributed by atoms with van der Waals surface area (Å²) in [5.74, 6) is 1.45. The van der Waals surface area contributed by atoms with Gasteiger partial charge in [-0.25, -0.2) is 0 Å². The summed E-state index contributed by atoms with van der Waals surface area (Å²) in [6.07, 6.45) is 2.87. The molecule has 0 saturated heterocycles. The van der Waals surface area contributed by atoms with Crippen LogP contribution < -0.4 is 15.2 Å². The fourth-order valence-electron chi connectivity index (χ4n) is 1.58. The van der Waals surface area contributed by atoms with Crippen LogP contribution in [0.3, 0.4) is 0 Å². The Bertz CT molecular complexity index is 312. The molecule has 3 heteroatoms. The summed E-state index contributed by atoms with van der Waals surface area (Å²) in [7, 11) is 3.25. The molecule has 83 valence electrons. The van der Waals surface area contributed by atoms with E-state index in [-0.39, 0.29) is 6.04 Å². The lowest BCUT2D eigenvalue weighted by molar-refractivity contribution is 0.349. The number of hydrogen-bond acceptors (Lipinski definition) is 3. The molecule has 1 rings (SSSR count). The minimum atomic E-state index is -0.0416. The van der Waals surface area contributed by atoms with Crippen LogP contribution >= 0.6 is 0 Å². The molecule has 0 aliphatic rings. The van der Waals surface area contributed by atoms with Gasteiger partial charge in [0.2, 0.25) is 0 Å². The molecule has 0 spiro atoms. The standard InChI is InChI=1S/C12H18NO2/c1-4-6-10(13)9-7-5-8-11(14-2)12(9)15-3/h4-5,7-8,10H,6,13H2,1-3H3. The molecule has 0 aliphatic carbocycles. The Morgan fingerprint density at radius 2 is 2.07 bits per heavy atom. The summed E-state index contributed by atoms with van der Waals surface area (Å²) in [4.78, 5) is 0. The van der Waals surface area contributed by atoms with E-state index >= 15 is 0 Å². The number of para-hydroxylation sites is 1. The van der Waals surface area contributed by atoms with Gasteiger partial charge in [0.05, 0.1) is 14.2 Å². The maximum absolute atomic E-state index is 6.04. The number of nitrogens with two attached hydrogens (primary N) is 1. The van der Waals surface area contributed by atoms with Crippen LogP contribution in [-0.4, -0.2) is 14.2 Å². The van der Waals surface area contributed by atoms with E-state index in [1.165, 1.54) is 0 Å². The molecular formula is C12H18NO2. The Labute approximate surface area is 91.2 Å². The summed E-state index contributed by atoms with van der Waals surface area (Å²) < 4.78 is 10.5. The lowest BCUT2D eigenvalue weighted by Gasteiger charge is -2.17. The number of rotatable bonds is 5. The van der Waals surface area contributed by atoms with Crippen molar-refractivity contribution in [1.29, 1.82) is 0 Å². The fourth-order valence-corrected chi connectivity index (χ4v) is 1.58. The van der Waals surface area contributed by atoms with Crippen LogP contribution in [0.1, 0.15) is 24.9 Å². The second kappa shape index (κ2) is 5.61. The third-order valence-electron chi connectivity index (χ3n) is 2.32. The van der Waals surface area contributed by atoms with Crippen LogP contribution in [0.5, 0.6) is 11.5 Å². The molecule has 0 fully saturated rings. The highest BCUT2D eigenvalue weighted by Gasteiger charge is 2.14. The van der Waals surface area contributed by atoms with Crippen LogP contribution in [0.15, 0.2) is 18.2 Å². The summed E-state index contributed by atoms with van der Waals surface area (Å²) >= 11 is 0. The monoisotopic (exact) mass is 208 g/mol. The van der Waals surface area contributed by atoms with Crippen molar-refractivity contribution in [2.75, 3.05) is 14.2 Å². The van der Waals surface area contributed by atoms with Crippen LogP contribution in [0, 0.1) is 6.42 Å². The number of hydrogen-bond donors (Lipinski definition) is 1. The van der Waals surface area contributed by atoms with Crippen molar-refractivity contribution < 1.29 is 9.47 Å². The number of benzene rings is 1. The lowest BCUT2D eigenvalue weighted by atomic mass is 10.0. The summed E-state index contributed by atoms with van der Waals surface area (Å²) in [5.41, 5.74) is 7.02. The Morgan fingerprint density at radius 1 is 1.33 bits per heavy atom. The van der Waals surface area contributed by atoms with Crippen molar-refractivity contribution >= 4 is 0 Å². The van der Waals surface area contributed by atoms with Gasteiger partial charge in [0, 0.05) is 11.6 Å². The minimum absolute atomic E-state index is 0.0416. The van der Waals surface area contributed by atoms with Gasteiger partial charge in [0.15, 0.2) is 11.5 Å². The highest BCUT2D eigenvalue weighted by Crippen LogP contribution is 2.34. The highest BCUT2D eigenvalue weighted by atomic mass is 16.5. The van der Waals surface area contributed by atoms with Crippen LogP contribution in [-0.2, 0) is 0 Å². The molecule has 0 bridgehead atoms. The SMILES string of the molecule is C[CH]CC(N)c1cccc(OC)c1OC. The van der Waals surface area contributed by atoms with E-state index in [0.717, 1.165) is 23.5 Å². The number of ether oxygens (including phenoxy) is 2. The van der Waals surface area contributed by atoms with Gasteiger partial charge in [-0.05, 0) is 18.9 Å². The molecule has 1 aromatic carbocycles. The highest BCUT2D eigenvalue weighted by molar-refractivity contribution is 5.48. The van der Waals surface area contributed by atoms with E-state index in [9.17, 15) is 0 Å². The van der Waals surface area contributed by atoms with Gasteiger partial charge in [-0.15, -0.1) is 0 Å². The van der Waals surface area contributed by atoms with E-state index in [2.05, 4.69) is 0 Å². The third-order valence-corrected chi connectivity index (χ3v) is 2.32. The molecule has 0 saturated carbocycles. The zero-order valence-electron chi connectivity index (χ0n) is 9.49. The van der Waals surface area contributed by atoms with Crippen molar-refractivity contribution in [2.45, 2.75) is 19.4 Å². The Kier molecular flexibility index (Phi) is 4.43. The van der Waals surface area contributed by atoms with Gasteiger partial charge in [-0.2, -0.15) is 0 Å². The first-order valence-electron chi connectivity index (χ1n) is 4.98. The first-order chi connectivity index (χ1) is 7.24. The summed E-state index contributed by atoms with van der Waals surface area (Å²) in [5, 5.41) is 0. The molecule has 0 aliphatic heterocycles. The maximum atomic E-state index is 6.04. The largest absolute Gasteiger partial charge is 0.493 e. The third kappa shape index (κ3) is 2.63. The lowest BCUT2D eigenvalue weighted by Crippen LogP contribution is -2.11. The molecule has 1 aromatic rings. The average molecular weight is 208 g/mol. The summed E-state index contributed by atoms with van der Waals surface area (Å²) in [6, 6.07) is 5.71. The number of methoxy groups -OCH3 is 2. The van der Waals surface area contributed by atoms with E-state index in [0.29, 0.717) is 0 Å². The van der Waals surface area contributed by atoms with E-state index in [1.807, 2.05) is 31.5 Å². The molecule has 0 amide bonds. The van der Waals surface area contributed by atoms with E-state index < -0.39 is 0 Å². The molecular weight excluding hydrogens is 190 g/mol. The quantitative estimate of drug-likeness (QED) is 0.807. The van der Waals surface area contributed by atoms with Crippen molar-refractivity contribution in [2.24, 2.45) is 5.73 Å². The Hall–Kier alpha value is -1.22. The van der Waals surface area contributed by atoms with Gasteiger partial charge >= 0.3 is 0 Å². The maximum Gasteiger partial charge on any atom is 0.165 e. The topological polar surface area (TPSA) is 44.5 Å². The first kappa shape index (κ1) is 11.9. The van der Waals surface area contributed by atoms with Crippen LogP contribution in [0.2, 0.25) is 0 Å².